The van der Waals surface area contributed by atoms with E-state index in [2.05, 4.69) is 4.98 Å². The van der Waals surface area contributed by atoms with Gasteiger partial charge in [0.15, 0.2) is 5.82 Å². The summed E-state index contributed by atoms with van der Waals surface area (Å²) in [7, 11) is 0. The Kier molecular flexibility index (Phi) is 8.49. The number of aliphatic carboxylic acids is 1. The van der Waals surface area contributed by atoms with Crippen LogP contribution in [0, 0.1) is 5.82 Å². The lowest BCUT2D eigenvalue weighted by atomic mass is 10.0. The Balaban J connectivity index is 0.000000423. The van der Waals surface area contributed by atoms with Crippen LogP contribution in [0.3, 0.4) is 0 Å². The first-order chi connectivity index (χ1) is 14.6. The molecule has 10 heteroatoms. The molecule has 168 valence electrons. The molecule has 1 amide bonds. The van der Waals surface area contributed by atoms with Gasteiger partial charge in [-0.25, -0.2) is 9.18 Å². The third-order valence-electron chi connectivity index (χ3n) is 4.66. The quantitative estimate of drug-likeness (QED) is 0.714. The number of rotatable bonds is 5. The fraction of sp³-hybridized carbons (Fsp3) is 0.381. The van der Waals surface area contributed by atoms with Crippen molar-refractivity contribution in [3.05, 3.63) is 65.7 Å². The zero-order chi connectivity index (χ0) is 23.0. The van der Waals surface area contributed by atoms with Crippen LogP contribution in [-0.4, -0.2) is 58.3 Å². The van der Waals surface area contributed by atoms with Crippen LogP contribution in [0.15, 0.2) is 48.8 Å². The number of pyridine rings is 1. The first-order valence-corrected chi connectivity index (χ1v) is 9.51. The highest BCUT2D eigenvalue weighted by atomic mass is 19.4. The lowest BCUT2D eigenvalue weighted by molar-refractivity contribution is -0.192. The lowest BCUT2D eigenvalue weighted by Gasteiger charge is -2.28. The molecule has 0 aliphatic carbocycles. The van der Waals surface area contributed by atoms with Crippen molar-refractivity contribution in [1.29, 1.82) is 0 Å². The number of amides is 1. The van der Waals surface area contributed by atoms with Gasteiger partial charge < -0.3 is 14.7 Å². The smallest absolute Gasteiger partial charge is 0.475 e. The Labute approximate surface area is 176 Å². The molecule has 1 N–H and O–H groups in total. The van der Waals surface area contributed by atoms with Gasteiger partial charge in [0.05, 0.1) is 23.9 Å². The van der Waals surface area contributed by atoms with Crippen LogP contribution in [-0.2, 0) is 16.0 Å². The summed E-state index contributed by atoms with van der Waals surface area (Å²) in [6.07, 6.45) is -1.12. The molecule has 0 spiro atoms. The second kappa shape index (κ2) is 10.9. The standard InChI is InChI=1S/C19H21FN2O2.C2HF3O2/c1-2-24-18-9-11-22(17(18)12-14-6-4-3-5-7-14)19(23)15-8-10-21-13-16(15)20;3-2(4,5)1(6)7/h3-8,10,13,17-18H,2,9,11-12H2,1H3;(H,6,7)/t17-,18-;/m0./s1. The van der Waals surface area contributed by atoms with Crippen LogP contribution >= 0.6 is 0 Å². The van der Waals surface area contributed by atoms with Crippen LogP contribution in [0.2, 0.25) is 0 Å². The van der Waals surface area contributed by atoms with Crippen LogP contribution in [0.1, 0.15) is 29.3 Å². The number of carbonyl (C=O) groups is 2. The molecule has 1 aliphatic heterocycles. The first-order valence-electron chi connectivity index (χ1n) is 9.51. The normalized spacial score (nSPS) is 18.3. The molecule has 1 fully saturated rings. The van der Waals surface area contributed by atoms with E-state index in [9.17, 15) is 22.4 Å². The summed E-state index contributed by atoms with van der Waals surface area (Å²) in [6, 6.07) is 11.4. The number of likely N-dealkylation sites (tertiary alicyclic amines) is 1. The third-order valence-corrected chi connectivity index (χ3v) is 4.66. The maximum absolute atomic E-state index is 14.0. The highest BCUT2D eigenvalue weighted by molar-refractivity contribution is 5.94. The highest BCUT2D eigenvalue weighted by Crippen LogP contribution is 2.26. The van der Waals surface area contributed by atoms with Crippen molar-refractivity contribution < 1.29 is 37.0 Å². The molecule has 2 heterocycles. The average Bonchev–Trinajstić information content (AvgIpc) is 3.11. The minimum atomic E-state index is -5.08. The summed E-state index contributed by atoms with van der Waals surface area (Å²) in [4.78, 5) is 27.2. The molecule has 0 unspecified atom stereocenters. The Bertz CT molecular complexity index is 877. The van der Waals surface area contributed by atoms with E-state index in [1.165, 1.54) is 12.3 Å². The average molecular weight is 442 g/mol. The topological polar surface area (TPSA) is 79.7 Å². The minimum Gasteiger partial charge on any atom is -0.475 e. The van der Waals surface area contributed by atoms with Crippen LogP contribution in [0.25, 0.3) is 0 Å². The summed E-state index contributed by atoms with van der Waals surface area (Å²) >= 11 is 0. The van der Waals surface area contributed by atoms with Gasteiger partial charge in [-0.3, -0.25) is 9.78 Å². The summed E-state index contributed by atoms with van der Waals surface area (Å²) in [5, 5.41) is 7.12. The number of halogens is 4. The minimum absolute atomic E-state index is 0.0240. The van der Waals surface area contributed by atoms with Crippen LogP contribution < -0.4 is 0 Å². The zero-order valence-corrected chi connectivity index (χ0v) is 16.7. The van der Waals surface area contributed by atoms with Gasteiger partial charge in [0.25, 0.3) is 5.91 Å². The second-order valence-electron chi connectivity index (χ2n) is 6.70. The fourth-order valence-electron chi connectivity index (χ4n) is 3.29. The number of hydrogen-bond acceptors (Lipinski definition) is 4. The Morgan fingerprint density at radius 2 is 1.87 bits per heavy atom. The summed E-state index contributed by atoms with van der Waals surface area (Å²) in [6.45, 7) is 3.12. The molecule has 0 saturated carbocycles. The molecule has 31 heavy (non-hydrogen) atoms. The van der Waals surface area contributed by atoms with Gasteiger partial charge in [-0.1, -0.05) is 30.3 Å². The number of aromatic nitrogens is 1. The van der Waals surface area contributed by atoms with Gasteiger partial charge in [-0.05, 0) is 31.4 Å². The number of carboxylic acid groups (broad SMARTS) is 1. The van der Waals surface area contributed by atoms with Gasteiger partial charge >= 0.3 is 12.1 Å². The van der Waals surface area contributed by atoms with E-state index in [-0.39, 0.29) is 23.6 Å². The van der Waals surface area contributed by atoms with Gasteiger partial charge in [-0.2, -0.15) is 13.2 Å². The number of carbonyl (C=O) groups excluding carboxylic acids is 1. The van der Waals surface area contributed by atoms with E-state index >= 15 is 0 Å². The number of ether oxygens (including phenoxy) is 1. The lowest BCUT2D eigenvalue weighted by Crippen LogP contribution is -2.42. The molecule has 0 bridgehead atoms. The van der Waals surface area contributed by atoms with E-state index < -0.39 is 18.0 Å². The number of carboxylic acids is 1. The summed E-state index contributed by atoms with van der Waals surface area (Å²) in [5.74, 6) is -3.63. The van der Waals surface area contributed by atoms with Crippen LogP contribution in [0.4, 0.5) is 17.6 Å². The maximum Gasteiger partial charge on any atom is 0.490 e. The maximum atomic E-state index is 14.0. The molecule has 3 rings (SSSR count). The predicted octanol–water partition coefficient (Wildman–Crippen LogP) is 3.72. The summed E-state index contributed by atoms with van der Waals surface area (Å²) < 4.78 is 51.5. The fourth-order valence-corrected chi connectivity index (χ4v) is 3.29. The molecule has 2 aromatic rings. The molecule has 1 aromatic carbocycles. The van der Waals surface area contributed by atoms with Crippen LogP contribution in [0.5, 0.6) is 0 Å². The number of hydrogen-bond donors (Lipinski definition) is 1. The molecule has 1 aromatic heterocycles. The number of nitrogens with zero attached hydrogens (tertiary/aromatic N) is 2. The molecule has 2 atom stereocenters. The molecular formula is C21H22F4N2O4. The first kappa shape index (κ1) is 24.3. The molecule has 6 nitrogen and oxygen atoms in total. The Morgan fingerprint density at radius 3 is 2.42 bits per heavy atom. The van der Waals surface area contributed by atoms with Gasteiger partial charge in [0.2, 0.25) is 0 Å². The van der Waals surface area contributed by atoms with Crippen molar-refractivity contribution in [2.45, 2.75) is 38.1 Å². The van der Waals surface area contributed by atoms with E-state index in [1.807, 2.05) is 37.3 Å². The monoisotopic (exact) mass is 442 g/mol. The Hall–Kier alpha value is -3.01. The molecule has 0 radical (unpaired) electrons. The largest absolute Gasteiger partial charge is 0.490 e. The van der Waals surface area contributed by atoms with E-state index in [4.69, 9.17) is 14.6 Å². The number of benzene rings is 1. The van der Waals surface area contributed by atoms with Crippen molar-refractivity contribution in [3.63, 3.8) is 0 Å². The van der Waals surface area contributed by atoms with Gasteiger partial charge in [0, 0.05) is 19.3 Å². The Morgan fingerprint density at radius 1 is 1.23 bits per heavy atom. The SMILES string of the molecule is CCO[C@H]1CCN(C(=O)c2ccncc2F)[C@H]1Cc1ccccc1.O=C(O)C(F)(F)F. The molecular weight excluding hydrogens is 420 g/mol. The van der Waals surface area contributed by atoms with Crippen molar-refractivity contribution in [1.82, 2.24) is 9.88 Å². The van der Waals surface area contributed by atoms with E-state index in [0.717, 1.165) is 18.2 Å². The highest BCUT2D eigenvalue weighted by Gasteiger charge is 2.39. The third kappa shape index (κ3) is 6.74. The van der Waals surface area contributed by atoms with E-state index in [0.29, 0.717) is 19.6 Å². The van der Waals surface area contributed by atoms with Gasteiger partial charge in [-0.15, -0.1) is 0 Å². The summed E-state index contributed by atoms with van der Waals surface area (Å²) in [5.41, 5.74) is 1.21. The molecule has 1 aliphatic rings. The number of alkyl halides is 3. The van der Waals surface area contributed by atoms with Gasteiger partial charge in [0.1, 0.15) is 0 Å². The van der Waals surface area contributed by atoms with E-state index in [1.54, 1.807) is 4.90 Å². The zero-order valence-electron chi connectivity index (χ0n) is 16.7. The van der Waals surface area contributed by atoms with Crippen molar-refractivity contribution in [2.75, 3.05) is 13.2 Å². The second-order valence-corrected chi connectivity index (χ2v) is 6.70. The van der Waals surface area contributed by atoms with Crippen molar-refractivity contribution >= 4 is 11.9 Å². The predicted molar refractivity (Wildman–Crippen MR) is 103 cm³/mol. The van der Waals surface area contributed by atoms with Crippen molar-refractivity contribution in [3.8, 4) is 0 Å². The van der Waals surface area contributed by atoms with Crippen molar-refractivity contribution in [2.24, 2.45) is 0 Å². The molecule has 1 saturated heterocycles.